The lowest BCUT2D eigenvalue weighted by molar-refractivity contribution is -0.147. The van der Waals surface area contributed by atoms with Gasteiger partial charge in [-0.3, -0.25) is 9.59 Å². The van der Waals surface area contributed by atoms with Crippen LogP contribution in [0, 0.1) is 11.8 Å². The Morgan fingerprint density at radius 1 is 1.20 bits per heavy atom. The van der Waals surface area contributed by atoms with Crippen molar-refractivity contribution in [2.24, 2.45) is 11.8 Å². The molecular weight excluding hydrogens is 404 g/mol. The van der Waals surface area contributed by atoms with E-state index in [4.69, 9.17) is 4.74 Å². The molecule has 3 rings (SSSR count). The molecule has 1 aromatic carbocycles. The topological polar surface area (TPSA) is 84.0 Å². The van der Waals surface area contributed by atoms with Crippen molar-refractivity contribution in [1.29, 1.82) is 0 Å². The number of amides is 1. The van der Waals surface area contributed by atoms with Gasteiger partial charge in [-0.25, -0.2) is 8.42 Å². The van der Waals surface area contributed by atoms with E-state index < -0.39 is 10.0 Å². The average molecular weight is 437 g/mol. The monoisotopic (exact) mass is 436 g/mol. The van der Waals surface area contributed by atoms with Crippen molar-refractivity contribution >= 4 is 21.9 Å². The van der Waals surface area contributed by atoms with E-state index in [1.165, 1.54) is 17.0 Å². The molecule has 0 aromatic heterocycles. The predicted octanol–water partition coefficient (Wildman–Crippen LogP) is 2.23. The van der Waals surface area contributed by atoms with Gasteiger partial charge in [0.15, 0.2) is 0 Å². The molecule has 1 heterocycles. The minimum atomic E-state index is -3.54. The highest BCUT2D eigenvalue weighted by atomic mass is 32.2. The number of piperidine rings is 1. The van der Waals surface area contributed by atoms with Crippen molar-refractivity contribution in [2.75, 3.05) is 33.3 Å². The van der Waals surface area contributed by atoms with Crippen LogP contribution in [0.5, 0.6) is 0 Å². The molecule has 8 heteroatoms. The highest BCUT2D eigenvalue weighted by Crippen LogP contribution is 2.29. The van der Waals surface area contributed by atoms with E-state index in [0.717, 1.165) is 24.8 Å². The molecule has 0 N–H and O–H groups in total. The zero-order chi connectivity index (χ0) is 21.9. The highest BCUT2D eigenvalue weighted by Gasteiger charge is 2.34. The van der Waals surface area contributed by atoms with E-state index in [2.05, 4.69) is 0 Å². The van der Waals surface area contributed by atoms with Gasteiger partial charge in [-0.1, -0.05) is 13.0 Å². The second-order valence-electron chi connectivity index (χ2n) is 8.26. The van der Waals surface area contributed by atoms with E-state index in [1.54, 1.807) is 17.9 Å². The Morgan fingerprint density at radius 3 is 2.50 bits per heavy atom. The number of nitrogens with zero attached hydrogens (tertiary/aromatic N) is 2. The number of fused-ring (bicyclic) bond motifs is 1. The fraction of sp³-hybridized carbons (Fsp3) is 0.636. The van der Waals surface area contributed by atoms with Crippen molar-refractivity contribution < 1.29 is 22.7 Å². The van der Waals surface area contributed by atoms with Crippen LogP contribution in [0.3, 0.4) is 0 Å². The van der Waals surface area contributed by atoms with Crippen molar-refractivity contribution in [3.63, 3.8) is 0 Å². The molecule has 1 atom stereocenters. The maximum atomic E-state index is 13.1. The summed E-state index contributed by atoms with van der Waals surface area (Å²) in [6, 6.07) is 5.47. The summed E-state index contributed by atoms with van der Waals surface area (Å²) >= 11 is 0. The molecule has 1 fully saturated rings. The maximum Gasteiger partial charge on any atom is 0.310 e. The van der Waals surface area contributed by atoms with Crippen molar-refractivity contribution in [3.8, 4) is 0 Å². The quantitative estimate of drug-likeness (QED) is 0.612. The molecule has 166 valence electrons. The van der Waals surface area contributed by atoms with Crippen molar-refractivity contribution in [1.82, 2.24) is 9.21 Å². The SMILES string of the molecule is CCN(CC(C)C(=O)OC)C(=O)C1CCN(S(=O)(=O)c2ccc3c(c2)CCC3)CC1. The van der Waals surface area contributed by atoms with Crippen LogP contribution in [0.15, 0.2) is 23.1 Å². The highest BCUT2D eigenvalue weighted by molar-refractivity contribution is 7.89. The normalized spacial score (nSPS) is 18.6. The molecule has 1 amide bonds. The molecule has 2 aliphatic rings. The number of methoxy groups -OCH3 is 1. The van der Waals surface area contributed by atoms with Gasteiger partial charge < -0.3 is 9.64 Å². The first-order valence-corrected chi connectivity index (χ1v) is 12.2. The largest absolute Gasteiger partial charge is 0.469 e. The number of benzene rings is 1. The predicted molar refractivity (Wildman–Crippen MR) is 113 cm³/mol. The molecule has 1 aliphatic carbocycles. The summed E-state index contributed by atoms with van der Waals surface area (Å²) in [6.45, 7) is 5.12. The molecule has 30 heavy (non-hydrogen) atoms. The number of carbonyl (C=O) groups excluding carboxylic acids is 2. The third kappa shape index (κ3) is 4.70. The van der Waals surface area contributed by atoms with Crippen LogP contribution in [-0.4, -0.2) is 62.8 Å². The summed E-state index contributed by atoms with van der Waals surface area (Å²) in [5.41, 5.74) is 2.39. The first kappa shape index (κ1) is 22.7. The zero-order valence-corrected chi connectivity index (χ0v) is 18.9. The summed E-state index contributed by atoms with van der Waals surface area (Å²) in [5, 5.41) is 0. The number of esters is 1. The van der Waals surface area contributed by atoms with Gasteiger partial charge in [-0.15, -0.1) is 0 Å². The summed E-state index contributed by atoms with van der Waals surface area (Å²) < 4.78 is 32.4. The Morgan fingerprint density at radius 2 is 1.87 bits per heavy atom. The van der Waals surface area contributed by atoms with Crippen LogP contribution < -0.4 is 0 Å². The number of sulfonamides is 1. The zero-order valence-electron chi connectivity index (χ0n) is 18.1. The lowest BCUT2D eigenvalue weighted by atomic mass is 9.96. The molecule has 1 unspecified atom stereocenters. The van der Waals surface area contributed by atoms with Gasteiger partial charge in [0, 0.05) is 32.1 Å². The maximum absolute atomic E-state index is 13.1. The van der Waals surface area contributed by atoms with Crippen LogP contribution >= 0.6 is 0 Å². The molecule has 1 aromatic rings. The summed E-state index contributed by atoms with van der Waals surface area (Å²) in [6.07, 6.45) is 4.02. The van der Waals surface area contributed by atoms with E-state index in [-0.39, 0.29) is 23.7 Å². The van der Waals surface area contributed by atoms with Gasteiger partial charge in [0.25, 0.3) is 0 Å². The molecule has 0 saturated carbocycles. The molecule has 0 bridgehead atoms. The third-order valence-electron chi connectivity index (χ3n) is 6.30. The van der Waals surface area contributed by atoms with Gasteiger partial charge in [-0.05, 0) is 62.3 Å². The molecule has 7 nitrogen and oxygen atoms in total. The Bertz CT molecular complexity index is 891. The fourth-order valence-electron chi connectivity index (χ4n) is 4.44. The van der Waals surface area contributed by atoms with Crippen LogP contribution in [0.2, 0.25) is 0 Å². The van der Waals surface area contributed by atoms with Gasteiger partial charge in [0.05, 0.1) is 17.9 Å². The van der Waals surface area contributed by atoms with Crippen LogP contribution in [0.25, 0.3) is 0 Å². The minimum absolute atomic E-state index is 0.0113. The van der Waals surface area contributed by atoms with Crippen LogP contribution in [-0.2, 0) is 37.2 Å². The lowest BCUT2D eigenvalue weighted by Gasteiger charge is -2.34. The first-order chi connectivity index (χ1) is 14.3. The van der Waals surface area contributed by atoms with Gasteiger partial charge in [-0.2, -0.15) is 4.31 Å². The molecule has 0 radical (unpaired) electrons. The van der Waals surface area contributed by atoms with Crippen molar-refractivity contribution in [3.05, 3.63) is 29.3 Å². The first-order valence-electron chi connectivity index (χ1n) is 10.8. The number of hydrogen-bond donors (Lipinski definition) is 0. The summed E-state index contributed by atoms with van der Waals surface area (Å²) in [4.78, 5) is 26.7. The minimum Gasteiger partial charge on any atom is -0.469 e. The fourth-order valence-corrected chi connectivity index (χ4v) is 5.96. The lowest BCUT2D eigenvalue weighted by Crippen LogP contribution is -2.45. The molecule has 0 spiro atoms. The Labute approximate surface area is 179 Å². The number of carbonyl (C=O) groups is 2. The number of rotatable bonds is 7. The number of aryl methyl sites for hydroxylation is 2. The standard InChI is InChI=1S/C22H32N2O5S/c1-4-23(15-16(2)22(26)29-3)21(25)18-10-12-24(13-11-18)30(27,28)20-9-8-17-6-5-7-19(17)14-20/h8-9,14,16,18H,4-7,10-13,15H2,1-3H3. The van der Waals surface area contributed by atoms with Crippen molar-refractivity contribution in [2.45, 2.75) is 50.8 Å². The Balaban J connectivity index is 1.62. The molecular formula is C22H32N2O5S. The van der Waals surface area contributed by atoms with E-state index in [9.17, 15) is 18.0 Å². The average Bonchev–Trinajstić information content (AvgIpc) is 3.24. The third-order valence-corrected chi connectivity index (χ3v) is 8.20. The molecule has 1 aliphatic heterocycles. The van der Waals surface area contributed by atoms with E-state index >= 15 is 0 Å². The second kappa shape index (κ2) is 9.47. The number of ether oxygens (including phenoxy) is 1. The Hall–Kier alpha value is -1.93. The van der Waals surface area contributed by atoms with Gasteiger partial charge in [0.2, 0.25) is 15.9 Å². The van der Waals surface area contributed by atoms with Gasteiger partial charge in [0.1, 0.15) is 0 Å². The molecule has 1 saturated heterocycles. The van der Waals surface area contributed by atoms with Crippen LogP contribution in [0.1, 0.15) is 44.2 Å². The smallest absolute Gasteiger partial charge is 0.310 e. The van der Waals surface area contributed by atoms with Gasteiger partial charge >= 0.3 is 5.97 Å². The number of hydrogen-bond acceptors (Lipinski definition) is 5. The summed E-state index contributed by atoms with van der Waals surface area (Å²) in [5.74, 6) is -0.959. The van der Waals surface area contributed by atoms with Crippen LogP contribution in [0.4, 0.5) is 0 Å². The van der Waals surface area contributed by atoms with E-state index in [0.29, 0.717) is 43.9 Å². The second-order valence-corrected chi connectivity index (χ2v) is 10.2. The van der Waals surface area contributed by atoms with E-state index in [1.807, 2.05) is 19.1 Å². The summed E-state index contributed by atoms with van der Waals surface area (Å²) in [7, 11) is -2.20. The Kier molecular flexibility index (Phi) is 7.18.